The van der Waals surface area contributed by atoms with Crippen molar-refractivity contribution in [3.63, 3.8) is 0 Å². The molecule has 1 aliphatic rings. The fraction of sp³-hybridized carbons (Fsp3) is 0.350. The van der Waals surface area contributed by atoms with Crippen molar-refractivity contribution in [2.75, 3.05) is 57.8 Å². The van der Waals surface area contributed by atoms with Crippen LogP contribution in [0.3, 0.4) is 0 Å². The Morgan fingerprint density at radius 2 is 1.69 bits per heavy atom. The van der Waals surface area contributed by atoms with Gasteiger partial charge in [-0.2, -0.15) is 0 Å². The van der Waals surface area contributed by atoms with Crippen LogP contribution < -0.4 is 24.4 Å². The molecule has 0 saturated carbocycles. The molecule has 1 saturated heterocycles. The van der Waals surface area contributed by atoms with Crippen LogP contribution in [-0.2, 0) is 9.53 Å². The Labute approximate surface area is 169 Å². The average molecular weight is 400 g/mol. The minimum Gasteiger partial charge on any atom is -0.493 e. The minimum absolute atomic E-state index is 0.304. The van der Waals surface area contributed by atoms with Crippen molar-refractivity contribution in [1.82, 2.24) is 9.97 Å². The first kappa shape index (κ1) is 20.4. The zero-order valence-electron chi connectivity index (χ0n) is 16.7. The van der Waals surface area contributed by atoms with Gasteiger partial charge in [-0.1, -0.05) is 0 Å². The van der Waals surface area contributed by atoms with Gasteiger partial charge in [0.1, 0.15) is 0 Å². The summed E-state index contributed by atoms with van der Waals surface area (Å²) in [4.78, 5) is 22.9. The fourth-order valence-electron chi connectivity index (χ4n) is 2.87. The number of methoxy groups -OCH3 is 3. The molecule has 3 rings (SSSR count). The summed E-state index contributed by atoms with van der Waals surface area (Å²) in [5.74, 6) is 1.84. The molecule has 154 valence electrons. The van der Waals surface area contributed by atoms with Gasteiger partial charge in [0.25, 0.3) is 0 Å². The van der Waals surface area contributed by atoms with Gasteiger partial charge in [0.05, 0.1) is 52.6 Å². The molecule has 0 unspecified atom stereocenters. The summed E-state index contributed by atoms with van der Waals surface area (Å²) in [6, 6.07) is 3.51. The van der Waals surface area contributed by atoms with Crippen molar-refractivity contribution in [1.29, 1.82) is 0 Å². The van der Waals surface area contributed by atoms with E-state index in [-0.39, 0.29) is 5.91 Å². The summed E-state index contributed by atoms with van der Waals surface area (Å²) in [7, 11) is 4.62. The average Bonchev–Trinajstić information content (AvgIpc) is 2.78. The minimum atomic E-state index is -0.304. The number of nitrogens with one attached hydrogen (secondary N) is 1. The van der Waals surface area contributed by atoms with Crippen LogP contribution in [0.1, 0.15) is 5.56 Å². The lowest BCUT2D eigenvalue weighted by Crippen LogP contribution is -2.37. The van der Waals surface area contributed by atoms with Crippen molar-refractivity contribution < 1.29 is 23.7 Å². The zero-order valence-corrected chi connectivity index (χ0v) is 16.7. The first-order valence-corrected chi connectivity index (χ1v) is 9.08. The molecule has 2 aromatic rings. The number of carbonyl (C=O) groups excluding carboxylic acids is 1. The van der Waals surface area contributed by atoms with E-state index < -0.39 is 0 Å². The van der Waals surface area contributed by atoms with E-state index in [9.17, 15) is 4.79 Å². The molecule has 9 nitrogen and oxygen atoms in total. The van der Waals surface area contributed by atoms with E-state index in [0.717, 1.165) is 18.7 Å². The van der Waals surface area contributed by atoms with Crippen LogP contribution in [0.25, 0.3) is 6.08 Å². The third-order valence-electron chi connectivity index (χ3n) is 4.31. The van der Waals surface area contributed by atoms with Crippen LogP contribution in [0.5, 0.6) is 17.2 Å². The Kier molecular flexibility index (Phi) is 6.85. The molecular formula is C20H24N4O5. The Balaban J connectivity index is 1.65. The molecule has 2 heterocycles. The van der Waals surface area contributed by atoms with Crippen LogP contribution in [0.2, 0.25) is 0 Å². The predicted octanol–water partition coefficient (Wildman–Crippen LogP) is 1.99. The molecule has 9 heteroatoms. The topological polar surface area (TPSA) is 95.0 Å². The van der Waals surface area contributed by atoms with E-state index >= 15 is 0 Å². The maximum absolute atomic E-state index is 12.2. The second-order valence-corrected chi connectivity index (χ2v) is 6.15. The zero-order chi connectivity index (χ0) is 20.6. The van der Waals surface area contributed by atoms with Crippen molar-refractivity contribution in [2.45, 2.75) is 0 Å². The summed E-state index contributed by atoms with van der Waals surface area (Å²) in [5, 5.41) is 2.74. The van der Waals surface area contributed by atoms with E-state index in [1.165, 1.54) is 27.4 Å². The van der Waals surface area contributed by atoms with Crippen LogP contribution in [0.4, 0.5) is 11.6 Å². The van der Waals surface area contributed by atoms with Gasteiger partial charge in [-0.25, -0.2) is 9.97 Å². The van der Waals surface area contributed by atoms with Gasteiger partial charge < -0.3 is 29.2 Å². The largest absolute Gasteiger partial charge is 0.493 e. The lowest BCUT2D eigenvalue weighted by Gasteiger charge is -2.26. The summed E-state index contributed by atoms with van der Waals surface area (Å²) in [6.07, 6.45) is 6.24. The third kappa shape index (κ3) is 5.14. The standard InChI is InChI=1S/C20H24N4O5/c1-26-16-10-14(11-17(27-2)19(16)28-3)4-5-18(25)23-15-12-21-20(22-13-15)24-6-8-29-9-7-24/h4-5,10-13H,6-9H2,1-3H3,(H,23,25)/b5-4+. The lowest BCUT2D eigenvalue weighted by molar-refractivity contribution is -0.111. The number of rotatable bonds is 7. The molecule has 1 amide bonds. The molecule has 1 fully saturated rings. The number of aromatic nitrogens is 2. The van der Waals surface area contributed by atoms with Gasteiger partial charge in [0.15, 0.2) is 11.5 Å². The molecule has 0 bridgehead atoms. The molecule has 1 aliphatic heterocycles. The van der Waals surface area contributed by atoms with E-state index in [1.807, 2.05) is 4.90 Å². The number of morpholine rings is 1. The Morgan fingerprint density at radius 3 is 2.24 bits per heavy atom. The number of hydrogen-bond donors (Lipinski definition) is 1. The monoisotopic (exact) mass is 400 g/mol. The normalized spacial score (nSPS) is 14.0. The van der Waals surface area contributed by atoms with Crippen molar-refractivity contribution >= 4 is 23.6 Å². The van der Waals surface area contributed by atoms with Crippen LogP contribution in [-0.4, -0.2) is 63.5 Å². The molecular weight excluding hydrogens is 376 g/mol. The van der Waals surface area contributed by atoms with Gasteiger partial charge >= 0.3 is 0 Å². The highest BCUT2D eigenvalue weighted by Crippen LogP contribution is 2.38. The molecule has 0 radical (unpaired) electrons. The van der Waals surface area contributed by atoms with E-state index in [4.69, 9.17) is 18.9 Å². The fourth-order valence-corrected chi connectivity index (χ4v) is 2.87. The highest BCUT2D eigenvalue weighted by atomic mass is 16.5. The second kappa shape index (κ2) is 9.74. The second-order valence-electron chi connectivity index (χ2n) is 6.15. The first-order chi connectivity index (χ1) is 14.1. The number of amides is 1. The summed E-state index contributed by atoms with van der Waals surface area (Å²) in [5.41, 5.74) is 1.25. The Hall–Kier alpha value is -3.33. The summed E-state index contributed by atoms with van der Waals surface area (Å²) < 4.78 is 21.2. The highest BCUT2D eigenvalue weighted by Gasteiger charge is 2.14. The third-order valence-corrected chi connectivity index (χ3v) is 4.31. The smallest absolute Gasteiger partial charge is 0.248 e. The molecule has 29 heavy (non-hydrogen) atoms. The number of ether oxygens (including phenoxy) is 4. The maximum atomic E-state index is 12.2. The maximum Gasteiger partial charge on any atom is 0.248 e. The quantitative estimate of drug-likeness (QED) is 0.705. The molecule has 0 atom stereocenters. The molecule has 1 aromatic carbocycles. The van der Waals surface area contributed by atoms with E-state index in [2.05, 4.69) is 15.3 Å². The molecule has 1 N–H and O–H groups in total. The molecule has 1 aromatic heterocycles. The predicted molar refractivity (Wildman–Crippen MR) is 109 cm³/mol. The van der Waals surface area contributed by atoms with Crippen molar-refractivity contribution in [3.05, 3.63) is 36.2 Å². The first-order valence-electron chi connectivity index (χ1n) is 9.08. The van der Waals surface area contributed by atoms with Gasteiger partial charge in [0, 0.05) is 19.2 Å². The number of anilines is 2. The van der Waals surface area contributed by atoms with Crippen molar-refractivity contribution in [2.24, 2.45) is 0 Å². The number of hydrogen-bond acceptors (Lipinski definition) is 8. The lowest BCUT2D eigenvalue weighted by atomic mass is 10.1. The number of carbonyl (C=O) groups is 1. The Bertz CT molecular complexity index is 839. The van der Waals surface area contributed by atoms with Crippen LogP contribution in [0, 0.1) is 0 Å². The number of benzene rings is 1. The van der Waals surface area contributed by atoms with Crippen molar-refractivity contribution in [3.8, 4) is 17.2 Å². The van der Waals surface area contributed by atoms with Gasteiger partial charge in [-0.05, 0) is 23.8 Å². The van der Waals surface area contributed by atoms with Gasteiger partial charge in [0.2, 0.25) is 17.6 Å². The van der Waals surface area contributed by atoms with Gasteiger partial charge in [-0.15, -0.1) is 0 Å². The van der Waals surface area contributed by atoms with Crippen LogP contribution in [0.15, 0.2) is 30.6 Å². The van der Waals surface area contributed by atoms with E-state index in [0.29, 0.717) is 42.1 Å². The van der Waals surface area contributed by atoms with Gasteiger partial charge in [-0.3, -0.25) is 4.79 Å². The number of nitrogens with zero attached hydrogens (tertiary/aromatic N) is 3. The summed E-state index contributed by atoms with van der Waals surface area (Å²) in [6.45, 7) is 2.83. The van der Waals surface area contributed by atoms with Crippen LogP contribution >= 0.6 is 0 Å². The Morgan fingerprint density at radius 1 is 1.07 bits per heavy atom. The molecule has 0 aliphatic carbocycles. The summed E-state index contributed by atoms with van der Waals surface area (Å²) >= 11 is 0. The van der Waals surface area contributed by atoms with E-state index in [1.54, 1.807) is 30.6 Å². The highest BCUT2D eigenvalue weighted by molar-refractivity contribution is 6.01. The molecule has 0 spiro atoms. The SMILES string of the molecule is COc1cc(/C=C/C(=O)Nc2cnc(N3CCOCC3)nc2)cc(OC)c1OC.